The van der Waals surface area contributed by atoms with Gasteiger partial charge in [0.25, 0.3) is 0 Å². The van der Waals surface area contributed by atoms with Crippen molar-refractivity contribution >= 4 is 10.0 Å². The molecular formula is C25H30F3N3O4S. The van der Waals surface area contributed by atoms with Gasteiger partial charge >= 0.3 is 6.18 Å². The summed E-state index contributed by atoms with van der Waals surface area (Å²) in [6, 6.07) is 16.1. The summed E-state index contributed by atoms with van der Waals surface area (Å²) < 4.78 is 71.9. The molecule has 1 aromatic heterocycles. The SMILES string of the molecule is CCn1nc(-c2cccc(C(C)(C)NS(=O)(=O)CC(F)(F)F)c2)cc1Oc1ccc(CCCO)cc1. The molecule has 3 rings (SSSR count). The number of alkyl halides is 3. The lowest BCUT2D eigenvalue weighted by Gasteiger charge is -2.27. The number of aromatic nitrogens is 2. The van der Waals surface area contributed by atoms with Gasteiger partial charge < -0.3 is 9.84 Å². The number of benzene rings is 2. The number of hydrogen-bond acceptors (Lipinski definition) is 5. The lowest BCUT2D eigenvalue weighted by molar-refractivity contribution is -0.106. The van der Waals surface area contributed by atoms with Crippen LogP contribution in [-0.4, -0.2) is 41.8 Å². The van der Waals surface area contributed by atoms with Crippen LogP contribution in [0.4, 0.5) is 13.2 Å². The number of sulfonamides is 1. The van der Waals surface area contributed by atoms with E-state index in [2.05, 4.69) is 9.82 Å². The Morgan fingerprint density at radius 2 is 1.78 bits per heavy atom. The first-order valence-corrected chi connectivity index (χ1v) is 13.1. The van der Waals surface area contributed by atoms with Gasteiger partial charge in [-0.05, 0) is 62.9 Å². The molecule has 0 saturated carbocycles. The first-order chi connectivity index (χ1) is 16.8. The molecule has 0 aliphatic carbocycles. The van der Waals surface area contributed by atoms with Crippen molar-refractivity contribution in [2.75, 3.05) is 12.4 Å². The number of aliphatic hydroxyl groups is 1. The molecule has 0 saturated heterocycles. The van der Waals surface area contributed by atoms with Crippen molar-refractivity contribution < 1.29 is 31.4 Å². The maximum Gasteiger partial charge on any atom is 0.404 e. The third kappa shape index (κ3) is 7.55. The highest BCUT2D eigenvalue weighted by Crippen LogP contribution is 2.31. The van der Waals surface area contributed by atoms with Gasteiger partial charge in [0.05, 0.1) is 11.2 Å². The van der Waals surface area contributed by atoms with E-state index < -0.39 is 27.5 Å². The Morgan fingerprint density at radius 3 is 2.39 bits per heavy atom. The molecule has 196 valence electrons. The summed E-state index contributed by atoms with van der Waals surface area (Å²) in [6.45, 7) is 5.59. The van der Waals surface area contributed by atoms with Crippen molar-refractivity contribution in [2.24, 2.45) is 0 Å². The minimum atomic E-state index is -4.84. The fourth-order valence-electron chi connectivity index (χ4n) is 3.74. The van der Waals surface area contributed by atoms with E-state index >= 15 is 0 Å². The van der Waals surface area contributed by atoms with E-state index in [4.69, 9.17) is 9.84 Å². The van der Waals surface area contributed by atoms with E-state index in [1.54, 1.807) is 35.0 Å². The van der Waals surface area contributed by atoms with Gasteiger partial charge in [0, 0.05) is 24.8 Å². The van der Waals surface area contributed by atoms with Crippen molar-refractivity contribution in [1.29, 1.82) is 0 Å². The van der Waals surface area contributed by atoms with Gasteiger partial charge in [-0.25, -0.2) is 17.8 Å². The number of nitrogens with one attached hydrogen (secondary N) is 1. The van der Waals surface area contributed by atoms with Crippen molar-refractivity contribution in [2.45, 2.75) is 51.9 Å². The standard InChI is InChI=1S/C25H30F3N3O4S/c1-4-31-23(35-21-12-10-18(11-13-21)7-6-14-32)16-22(29-31)19-8-5-9-20(15-19)24(2,3)30-36(33,34)17-25(26,27)28/h5,8-13,15-16,30,32H,4,6-7,14,17H2,1-3H3. The number of aliphatic hydroxyl groups excluding tert-OH is 1. The third-order valence-electron chi connectivity index (χ3n) is 5.46. The Kier molecular flexibility index (Phi) is 8.48. The van der Waals surface area contributed by atoms with Crippen LogP contribution in [0.15, 0.2) is 54.6 Å². The van der Waals surface area contributed by atoms with Crippen LogP contribution in [0.2, 0.25) is 0 Å². The minimum absolute atomic E-state index is 0.133. The number of halogens is 3. The first kappa shape index (κ1) is 27.7. The monoisotopic (exact) mass is 525 g/mol. The van der Waals surface area contributed by atoms with Crippen LogP contribution < -0.4 is 9.46 Å². The highest BCUT2D eigenvalue weighted by atomic mass is 32.2. The molecule has 11 heteroatoms. The maximum absolute atomic E-state index is 12.7. The number of rotatable bonds is 11. The van der Waals surface area contributed by atoms with Crippen LogP contribution >= 0.6 is 0 Å². The Labute approximate surface area is 209 Å². The number of ether oxygens (including phenoxy) is 1. The molecule has 0 atom stereocenters. The number of aryl methyl sites for hydroxylation is 2. The number of hydrogen-bond donors (Lipinski definition) is 2. The van der Waals surface area contributed by atoms with Gasteiger partial charge in [-0.1, -0.05) is 30.3 Å². The molecule has 0 aliphatic heterocycles. The second-order valence-electron chi connectivity index (χ2n) is 8.94. The number of nitrogens with zero attached hydrogens (tertiary/aromatic N) is 2. The lowest BCUT2D eigenvalue weighted by Crippen LogP contribution is -2.44. The molecule has 36 heavy (non-hydrogen) atoms. The fourth-order valence-corrected chi connectivity index (χ4v) is 5.14. The first-order valence-electron chi connectivity index (χ1n) is 11.5. The largest absolute Gasteiger partial charge is 0.439 e. The molecule has 0 amide bonds. The van der Waals surface area contributed by atoms with Gasteiger partial charge in [0.1, 0.15) is 5.75 Å². The minimum Gasteiger partial charge on any atom is -0.439 e. The van der Waals surface area contributed by atoms with Crippen LogP contribution in [0, 0.1) is 0 Å². The second kappa shape index (κ2) is 11.0. The van der Waals surface area contributed by atoms with E-state index in [1.165, 1.54) is 13.8 Å². The highest BCUT2D eigenvalue weighted by Gasteiger charge is 2.38. The molecular weight excluding hydrogens is 495 g/mol. The maximum atomic E-state index is 12.7. The molecule has 1 heterocycles. The summed E-state index contributed by atoms with van der Waals surface area (Å²) in [5.74, 6) is -0.823. The Balaban J connectivity index is 1.83. The van der Waals surface area contributed by atoms with Crippen molar-refractivity contribution in [3.63, 3.8) is 0 Å². The molecule has 0 spiro atoms. The van der Waals surface area contributed by atoms with Gasteiger partial charge in [-0.3, -0.25) is 0 Å². The molecule has 0 aliphatic rings. The third-order valence-corrected chi connectivity index (χ3v) is 6.98. The van der Waals surface area contributed by atoms with Crippen molar-refractivity contribution in [3.8, 4) is 22.9 Å². The van der Waals surface area contributed by atoms with Crippen molar-refractivity contribution in [1.82, 2.24) is 14.5 Å². The van der Waals surface area contributed by atoms with E-state index in [9.17, 15) is 21.6 Å². The van der Waals surface area contributed by atoms with E-state index in [-0.39, 0.29) is 6.61 Å². The zero-order valence-electron chi connectivity index (χ0n) is 20.3. The molecule has 0 unspecified atom stereocenters. The average Bonchev–Trinajstić information content (AvgIpc) is 3.19. The van der Waals surface area contributed by atoms with Crippen LogP contribution in [-0.2, 0) is 28.5 Å². The van der Waals surface area contributed by atoms with Gasteiger partial charge in [0.2, 0.25) is 15.9 Å². The fraction of sp³-hybridized carbons (Fsp3) is 0.400. The normalized spacial score (nSPS) is 12.6. The predicted octanol–water partition coefficient (Wildman–Crippen LogP) is 5.00. The lowest BCUT2D eigenvalue weighted by atomic mass is 9.93. The van der Waals surface area contributed by atoms with E-state index in [0.29, 0.717) is 41.4 Å². The Bertz CT molecular complexity index is 1270. The Hall–Kier alpha value is -2.89. The van der Waals surface area contributed by atoms with Crippen LogP contribution in [0.1, 0.15) is 38.3 Å². The Morgan fingerprint density at radius 1 is 1.08 bits per heavy atom. The summed E-state index contributed by atoms with van der Waals surface area (Å²) in [5, 5.41) is 13.6. The van der Waals surface area contributed by atoms with E-state index in [1.807, 2.05) is 31.2 Å². The molecule has 2 N–H and O–H groups in total. The van der Waals surface area contributed by atoms with Gasteiger partial charge in [0.15, 0.2) is 5.75 Å². The van der Waals surface area contributed by atoms with Gasteiger partial charge in [-0.2, -0.15) is 18.3 Å². The molecule has 7 nitrogen and oxygen atoms in total. The smallest absolute Gasteiger partial charge is 0.404 e. The quantitative estimate of drug-likeness (QED) is 0.367. The van der Waals surface area contributed by atoms with E-state index in [0.717, 1.165) is 12.0 Å². The van der Waals surface area contributed by atoms with Crippen molar-refractivity contribution in [3.05, 3.63) is 65.7 Å². The average molecular weight is 526 g/mol. The molecule has 0 bridgehead atoms. The van der Waals surface area contributed by atoms with Crippen LogP contribution in [0.25, 0.3) is 11.3 Å². The summed E-state index contributed by atoms with van der Waals surface area (Å²) in [4.78, 5) is 0. The summed E-state index contributed by atoms with van der Waals surface area (Å²) >= 11 is 0. The summed E-state index contributed by atoms with van der Waals surface area (Å²) in [6.07, 6.45) is -3.38. The van der Waals surface area contributed by atoms with Crippen LogP contribution in [0.3, 0.4) is 0 Å². The zero-order valence-corrected chi connectivity index (χ0v) is 21.2. The summed E-state index contributed by atoms with van der Waals surface area (Å²) in [7, 11) is -4.60. The molecule has 2 aromatic carbocycles. The van der Waals surface area contributed by atoms with Crippen LogP contribution in [0.5, 0.6) is 11.6 Å². The summed E-state index contributed by atoms with van der Waals surface area (Å²) in [5.41, 5.74) is 1.52. The molecule has 0 fully saturated rings. The van der Waals surface area contributed by atoms with Gasteiger partial charge in [-0.15, -0.1) is 0 Å². The second-order valence-corrected chi connectivity index (χ2v) is 10.7. The highest BCUT2D eigenvalue weighted by molar-refractivity contribution is 7.89. The predicted molar refractivity (Wildman–Crippen MR) is 131 cm³/mol. The topological polar surface area (TPSA) is 93.5 Å². The zero-order chi connectivity index (χ0) is 26.6. The molecule has 3 aromatic rings. The molecule has 0 radical (unpaired) electrons.